The summed E-state index contributed by atoms with van der Waals surface area (Å²) in [5, 5.41) is 5.02. The average Bonchev–Trinajstić information content (AvgIpc) is 2.64. The van der Waals surface area contributed by atoms with Gasteiger partial charge in [0.2, 0.25) is 6.10 Å². The van der Waals surface area contributed by atoms with E-state index in [0.29, 0.717) is 0 Å². The van der Waals surface area contributed by atoms with Gasteiger partial charge >= 0.3 is 0 Å². The van der Waals surface area contributed by atoms with Gasteiger partial charge in [-0.25, -0.2) is 0 Å². The minimum absolute atomic E-state index is 0.944. The van der Waals surface area contributed by atoms with E-state index >= 15 is 0 Å². The maximum absolute atomic E-state index is 6.30. The smallest absolute Gasteiger partial charge is 0.201 e. The third kappa shape index (κ3) is 1.49. The van der Waals surface area contributed by atoms with E-state index in [4.69, 9.17) is 4.74 Å². The van der Waals surface area contributed by atoms with Crippen LogP contribution in [0.2, 0.25) is 0 Å². The number of ether oxygens (including phenoxy) is 1. The SMILES string of the molecule is C1=Cc2cccc3ccc4c(c23)[C]1Oc1cc2ccccc2cc1-4. The zero-order valence-electron chi connectivity index (χ0n) is 12.9. The Hall–Kier alpha value is -3.06. The lowest BCUT2D eigenvalue weighted by atomic mass is 9.83. The van der Waals surface area contributed by atoms with Gasteiger partial charge in [-0.1, -0.05) is 60.7 Å². The highest BCUT2D eigenvalue weighted by Gasteiger charge is 2.30. The van der Waals surface area contributed by atoms with Crippen LogP contribution in [0.1, 0.15) is 11.1 Å². The van der Waals surface area contributed by atoms with Crippen LogP contribution in [-0.4, -0.2) is 0 Å². The summed E-state index contributed by atoms with van der Waals surface area (Å²) in [7, 11) is 0. The molecule has 24 heavy (non-hydrogen) atoms. The third-order valence-electron chi connectivity index (χ3n) is 5.10. The van der Waals surface area contributed by atoms with Crippen LogP contribution in [-0.2, 0) is 0 Å². The standard InChI is InChI=1S/C23H13O/c1-2-5-17-13-21-19(12-16(17)4-1)18-10-8-14-6-3-7-15-9-11-20(24-21)23(18)22(14)15/h1-13H. The fraction of sp³-hybridized carbons (Fsp3) is 0. The lowest BCUT2D eigenvalue weighted by molar-refractivity contribution is 0.379. The molecule has 0 unspecified atom stereocenters. The molecular formula is C23H13O. The number of fused-ring (bicyclic) bond motifs is 3. The van der Waals surface area contributed by atoms with Gasteiger partial charge in [0.25, 0.3) is 0 Å². The summed E-state index contributed by atoms with van der Waals surface area (Å²) in [6, 6.07) is 23.8. The number of hydrogen-bond acceptors (Lipinski definition) is 1. The van der Waals surface area contributed by atoms with Crippen molar-refractivity contribution in [3.05, 3.63) is 90.0 Å². The zero-order valence-corrected chi connectivity index (χ0v) is 12.9. The highest BCUT2D eigenvalue weighted by molar-refractivity contribution is 6.04. The fourth-order valence-corrected chi connectivity index (χ4v) is 3.99. The third-order valence-corrected chi connectivity index (χ3v) is 5.10. The molecule has 4 aromatic carbocycles. The van der Waals surface area contributed by atoms with Gasteiger partial charge in [-0.3, -0.25) is 0 Å². The predicted molar refractivity (Wildman–Crippen MR) is 98.9 cm³/mol. The molecule has 1 nitrogen and oxygen atoms in total. The van der Waals surface area contributed by atoms with Crippen LogP contribution in [0.25, 0.3) is 38.7 Å². The number of rotatable bonds is 0. The summed E-state index contributed by atoms with van der Waals surface area (Å²) in [4.78, 5) is 0. The first-order chi connectivity index (χ1) is 11.9. The molecule has 0 amide bonds. The normalized spacial score (nSPS) is 14.7. The van der Waals surface area contributed by atoms with Crippen molar-refractivity contribution in [2.75, 3.05) is 0 Å². The molecule has 1 heterocycles. The van der Waals surface area contributed by atoms with Gasteiger partial charge < -0.3 is 4.74 Å². The Morgan fingerprint density at radius 3 is 2.38 bits per heavy atom. The highest BCUT2D eigenvalue weighted by atomic mass is 16.5. The minimum Gasteiger partial charge on any atom is -0.473 e. The van der Waals surface area contributed by atoms with E-state index in [9.17, 15) is 0 Å². The Morgan fingerprint density at radius 1 is 0.625 bits per heavy atom. The second-order valence-corrected chi connectivity index (χ2v) is 6.43. The summed E-state index contributed by atoms with van der Waals surface area (Å²) in [5.74, 6) is 0.944. The van der Waals surface area contributed by atoms with Gasteiger partial charge in [0.05, 0.1) is 0 Å². The molecule has 111 valence electrons. The monoisotopic (exact) mass is 305 g/mol. The number of benzene rings is 4. The van der Waals surface area contributed by atoms with Crippen molar-refractivity contribution < 1.29 is 4.74 Å². The van der Waals surface area contributed by atoms with Crippen molar-refractivity contribution in [3.8, 4) is 16.9 Å². The predicted octanol–water partition coefficient (Wildman–Crippen LogP) is 5.96. The van der Waals surface area contributed by atoms with Crippen molar-refractivity contribution >= 4 is 27.6 Å². The second-order valence-electron chi connectivity index (χ2n) is 6.43. The summed E-state index contributed by atoms with van der Waals surface area (Å²) in [5.41, 5.74) is 4.94. The molecular weight excluding hydrogens is 292 g/mol. The summed E-state index contributed by atoms with van der Waals surface area (Å²) < 4.78 is 6.30. The van der Waals surface area contributed by atoms with E-state index < -0.39 is 0 Å². The van der Waals surface area contributed by atoms with Crippen molar-refractivity contribution in [2.24, 2.45) is 0 Å². The molecule has 0 fully saturated rings. The second kappa shape index (κ2) is 4.27. The van der Waals surface area contributed by atoms with E-state index in [2.05, 4.69) is 78.9 Å². The van der Waals surface area contributed by atoms with Gasteiger partial charge in [-0.15, -0.1) is 0 Å². The van der Waals surface area contributed by atoms with E-state index in [0.717, 1.165) is 11.9 Å². The van der Waals surface area contributed by atoms with E-state index in [1.807, 2.05) is 0 Å². The molecule has 0 spiro atoms. The van der Waals surface area contributed by atoms with Gasteiger partial charge in [0.1, 0.15) is 5.75 Å². The molecule has 0 saturated carbocycles. The Kier molecular flexibility index (Phi) is 2.20. The van der Waals surface area contributed by atoms with Crippen molar-refractivity contribution in [1.29, 1.82) is 0 Å². The molecule has 2 aliphatic rings. The van der Waals surface area contributed by atoms with Crippen LogP contribution in [0, 0.1) is 6.10 Å². The first-order valence-corrected chi connectivity index (χ1v) is 8.21. The fourth-order valence-electron chi connectivity index (χ4n) is 3.99. The largest absolute Gasteiger partial charge is 0.473 e. The van der Waals surface area contributed by atoms with Crippen LogP contribution in [0.4, 0.5) is 0 Å². The summed E-state index contributed by atoms with van der Waals surface area (Å²) >= 11 is 0. The molecule has 1 aliphatic heterocycles. The van der Waals surface area contributed by atoms with Gasteiger partial charge in [0, 0.05) is 11.1 Å². The molecule has 0 aromatic heterocycles. The van der Waals surface area contributed by atoms with Crippen LogP contribution >= 0.6 is 0 Å². The molecule has 6 rings (SSSR count). The van der Waals surface area contributed by atoms with Crippen LogP contribution < -0.4 is 4.74 Å². The molecule has 1 aliphatic carbocycles. The summed E-state index contributed by atoms with van der Waals surface area (Å²) in [6.07, 6.45) is 5.20. The molecule has 1 radical (unpaired) electrons. The molecule has 4 aromatic rings. The topological polar surface area (TPSA) is 9.23 Å². The summed E-state index contributed by atoms with van der Waals surface area (Å²) in [6.45, 7) is 0. The van der Waals surface area contributed by atoms with Crippen molar-refractivity contribution in [1.82, 2.24) is 0 Å². The number of hydrogen-bond donors (Lipinski definition) is 0. The van der Waals surface area contributed by atoms with Gasteiger partial charge in [0.15, 0.2) is 0 Å². The van der Waals surface area contributed by atoms with E-state index in [1.165, 1.54) is 43.8 Å². The lowest BCUT2D eigenvalue weighted by Crippen LogP contribution is -2.15. The van der Waals surface area contributed by atoms with Gasteiger partial charge in [-0.2, -0.15) is 0 Å². The van der Waals surface area contributed by atoms with Crippen LogP contribution in [0.5, 0.6) is 5.75 Å². The quantitative estimate of drug-likeness (QED) is 0.389. The zero-order chi connectivity index (χ0) is 15.7. The molecule has 0 saturated heterocycles. The first-order valence-electron chi connectivity index (χ1n) is 8.21. The molecule has 0 atom stereocenters. The first kappa shape index (κ1) is 12.4. The Morgan fingerprint density at radius 2 is 1.46 bits per heavy atom. The van der Waals surface area contributed by atoms with Gasteiger partial charge in [-0.05, 0) is 50.9 Å². The maximum atomic E-state index is 6.30. The molecule has 0 bridgehead atoms. The van der Waals surface area contributed by atoms with Crippen molar-refractivity contribution in [3.63, 3.8) is 0 Å². The van der Waals surface area contributed by atoms with Crippen LogP contribution in [0.3, 0.4) is 0 Å². The van der Waals surface area contributed by atoms with E-state index in [1.54, 1.807) is 0 Å². The Labute approximate surface area is 139 Å². The lowest BCUT2D eigenvalue weighted by Gasteiger charge is -2.30. The highest BCUT2D eigenvalue weighted by Crippen LogP contribution is 2.49. The Balaban J connectivity index is 1.76. The van der Waals surface area contributed by atoms with E-state index in [-0.39, 0.29) is 0 Å². The maximum Gasteiger partial charge on any atom is 0.201 e. The Bertz CT molecular complexity index is 1180. The van der Waals surface area contributed by atoms with Crippen LogP contribution in [0.15, 0.2) is 72.8 Å². The molecule has 1 heteroatoms. The minimum atomic E-state index is 0.944. The molecule has 0 N–H and O–H groups in total. The average molecular weight is 305 g/mol. The van der Waals surface area contributed by atoms with Crippen molar-refractivity contribution in [2.45, 2.75) is 0 Å².